The van der Waals surface area contributed by atoms with E-state index in [1.807, 2.05) is 12.1 Å². The molecule has 84 valence electrons. The van der Waals surface area contributed by atoms with Crippen molar-refractivity contribution in [2.45, 2.75) is 31.6 Å². The van der Waals surface area contributed by atoms with Gasteiger partial charge in [0.15, 0.2) is 0 Å². The van der Waals surface area contributed by atoms with Crippen LogP contribution in [0, 0.1) is 17.2 Å². The molecule has 1 aliphatic rings. The lowest BCUT2D eigenvalue weighted by Crippen LogP contribution is -2.07. The largest absolute Gasteiger partial charge is 0.198 e. The molecule has 1 aromatic carbocycles. The Morgan fingerprint density at radius 3 is 2.44 bits per heavy atom. The SMILES string of the molecule is N#C[C@H](c1ccc(Cl)c(Cl)c1)C1CCCC1. The number of nitrogens with zero attached hydrogens (tertiary/aromatic N) is 1. The first kappa shape index (κ1) is 11.8. The van der Waals surface area contributed by atoms with Gasteiger partial charge in [0.1, 0.15) is 0 Å². The van der Waals surface area contributed by atoms with Crippen LogP contribution < -0.4 is 0 Å². The molecule has 1 saturated carbocycles. The fraction of sp³-hybridized carbons (Fsp3) is 0.462. The highest BCUT2D eigenvalue weighted by Gasteiger charge is 2.26. The second-order valence-corrected chi connectivity index (χ2v) is 5.14. The highest BCUT2D eigenvalue weighted by Crippen LogP contribution is 2.38. The number of benzene rings is 1. The van der Waals surface area contributed by atoms with Crippen LogP contribution in [0.4, 0.5) is 0 Å². The number of halogens is 2. The third-order valence-electron chi connectivity index (χ3n) is 3.31. The van der Waals surface area contributed by atoms with Crippen molar-refractivity contribution in [1.29, 1.82) is 5.26 Å². The predicted octanol–water partition coefficient (Wildman–Crippen LogP) is 4.79. The van der Waals surface area contributed by atoms with Crippen LogP contribution in [0.25, 0.3) is 0 Å². The molecule has 1 fully saturated rings. The fourth-order valence-corrected chi connectivity index (χ4v) is 2.76. The highest BCUT2D eigenvalue weighted by atomic mass is 35.5. The van der Waals surface area contributed by atoms with Gasteiger partial charge in [-0.25, -0.2) is 0 Å². The first-order valence-corrected chi connectivity index (χ1v) is 6.32. The summed E-state index contributed by atoms with van der Waals surface area (Å²) in [7, 11) is 0. The molecule has 0 heterocycles. The second kappa shape index (κ2) is 5.08. The van der Waals surface area contributed by atoms with Crippen molar-refractivity contribution in [2.24, 2.45) is 5.92 Å². The average molecular weight is 254 g/mol. The van der Waals surface area contributed by atoms with Crippen LogP contribution in [0.2, 0.25) is 10.0 Å². The zero-order valence-corrected chi connectivity index (χ0v) is 10.4. The van der Waals surface area contributed by atoms with Crippen LogP contribution in [-0.4, -0.2) is 0 Å². The van der Waals surface area contributed by atoms with Gasteiger partial charge in [0.2, 0.25) is 0 Å². The highest BCUT2D eigenvalue weighted by molar-refractivity contribution is 6.42. The monoisotopic (exact) mass is 253 g/mol. The summed E-state index contributed by atoms with van der Waals surface area (Å²) in [6, 6.07) is 7.93. The summed E-state index contributed by atoms with van der Waals surface area (Å²) in [5, 5.41) is 10.4. The van der Waals surface area contributed by atoms with Gasteiger partial charge in [-0.05, 0) is 36.5 Å². The lowest BCUT2D eigenvalue weighted by atomic mass is 9.86. The van der Waals surface area contributed by atoms with Gasteiger partial charge in [0.05, 0.1) is 22.0 Å². The summed E-state index contributed by atoms with van der Waals surface area (Å²) in [6.45, 7) is 0. The Hall–Kier alpha value is -0.710. The molecule has 0 spiro atoms. The maximum absolute atomic E-state index is 9.27. The number of nitriles is 1. The maximum Gasteiger partial charge on any atom is 0.0741 e. The van der Waals surface area contributed by atoms with Gasteiger partial charge in [0.25, 0.3) is 0 Å². The van der Waals surface area contributed by atoms with Crippen molar-refractivity contribution in [3.8, 4) is 6.07 Å². The topological polar surface area (TPSA) is 23.8 Å². The van der Waals surface area contributed by atoms with Gasteiger partial charge in [-0.3, -0.25) is 0 Å². The van der Waals surface area contributed by atoms with E-state index >= 15 is 0 Å². The van der Waals surface area contributed by atoms with Gasteiger partial charge >= 0.3 is 0 Å². The molecule has 1 nitrogen and oxygen atoms in total. The Bertz CT molecular complexity index is 416. The molecular weight excluding hydrogens is 241 g/mol. The summed E-state index contributed by atoms with van der Waals surface area (Å²) in [4.78, 5) is 0. The van der Waals surface area contributed by atoms with Gasteiger partial charge in [-0.2, -0.15) is 5.26 Å². The minimum absolute atomic E-state index is 0.0303. The molecule has 0 bridgehead atoms. The molecule has 0 saturated heterocycles. The second-order valence-electron chi connectivity index (χ2n) is 4.32. The molecule has 3 heteroatoms. The summed E-state index contributed by atoms with van der Waals surface area (Å²) in [6.07, 6.45) is 4.78. The van der Waals surface area contributed by atoms with Crippen molar-refractivity contribution in [2.75, 3.05) is 0 Å². The van der Waals surface area contributed by atoms with E-state index in [2.05, 4.69) is 6.07 Å². The predicted molar refractivity (Wildman–Crippen MR) is 66.8 cm³/mol. The van der Waals surface area contributed by atoms with E-state index in [0.717, 1.165) is 18.4 Å². The van der Waals surface area contributed by atoms with Crippen molar-refractivity contribution < 1.29 is 0 Å². The van der Waals surface area contributed by atoms with E-state index in [0.29, 0.717) is 16.0 Å². The molecule has 1 aliphatic carbocycles. The Balaban J connectivity index is 2.26. The molecule has 0 aromatic heterocycles. The molecule has 2 rings (SSSR count). The van der Waals surface area contributed by atoms with Crippen LogP contribution in [0.15, 0.2) is 18.2 Å². The summed E-state index contributed by atoms with van der Waals surface area (Å²) in [5.74, 6) is 0.458. The summed E-state index contributed by atoms with van der Waals surface area (Å²) in [5.41, 5.74) is 1.00. The van der Waals surface area contributed by atoms with Crippen LogP contribution in [0.1, 0.15) is 37.2 Å². The van der Waals surface area contributed by atoms with Gasteiger partial charge in [-0.1, -0.05) is 42.1 Å². The van der Waals surface area contributed by atoms with Crippen molar-refractivity contribution in [3.63, 3.8) is 0 Å². The molecule has 0 radical (unpaired) electrons. The van der Waals surface area contributed by atoms with Crippen molar-refractivity contribution in [1.82, 2.24) is 0 Å². The lowest BCUT2D eigenvalue weighted by molar-refractivity contribution is 0.501. The molecule has 0 unspecified atom stereocenters. The molecule has 0 N–H and O–H groups in total. The van der Waals surface area contributed by atoms with Gasteiger partial charge in [-0.15, -0.1) is 0 Å². The van der Waals surface area contributed by atoms with Crippen LogP contribution in [0.3, 0.4) is 0 Å². The van der Waals surface area contributed by atoms with E-state index in [9.17, 15) is 5.26 Å². The van der Waals surface area contributed by atoms with E-state index in [1.165, 1.54) is 12.8 Å². The summed E-state index contributed by atoms with van der Waals surface area (Å²) < 4.78 is 0. The molecule has 1 aromatic rings. The lowest BCUT2D eigenvalue weighted by Gasteiger charge is -2.16. The zero-order chi connectivity index (χ0) is 11.5. The third-order valence-corrected chi connectivity index (χ3v) is 4.05. The first-order chi connectivity index (χ1) is 7.72. The van der Waals surface area contributed by atoms with Crippen LogP contribution >= 0.6 is 23.2 Å². The van der Waals surface area contributed by atoms with E-state index in [1.54, 1.807) is 6.07 Å². The molecule has 0 amide bonds. The maximum atomic E-state index is 9.27. The van der Waals surface area contributed by atoms with E-state index < -0.39 is 0 Å². The Labute approximate surface area is 106 Å². The quantitative estimate of drug-likeness (QED) is 0.744. The first-order valence-electron chi connectivity index (χ1n) is 5.57. The Kier molecular flexibility index (Phi) is 3.74. The van der Waals surface area contributed by atoms with Crippen molar-refractivity contribution in [3.05, 3.63) is 33.8 Å². The van der Waals surface area contributed by atoms with E-state index in [4.69, 9.17) is 23.2 Å². The van der Waals surface area contributed by atoms with Crippen LogP contribution in [0.5, 0.6) is 0 Å². The Morgan fingerprint density at radius 2 is 1.88 bits per heavy atom. The number of rotatable bonds is 2. The fourth-order valence-electron chi connectivity index (χ4n) is 2.45. The van der Waals surface area contributed by atoms with Gasteiger partial charge < -0.3 is 0 Å². The van der Waals surface area contributed by atoms with Crippen LogP contribution in [-0.2, 0) is 0 Å². The smallest absolute Gasteiger partial charge is 0.0741 e. The average Bonchev–Trinajstić information content (AvgIpc) is 2.78. The van der Waals surface area contributed by atoms with Crippen molar-refractivity contribution >= 4 is 23.2 Å². The van der Waals surface area contributed by atoms with E-state index in [-0.39, 0.29) is 5.92 Å². The molecular formula is C13H13Cl2N. The Morgan fingerprint density at radius 1 is 1.19 bits per heavy atom. The standard InChI is InChI=1S/C13H13Cl2N/c14-12-6-5-10(7-13(12)15)11(8-16)9-3-1-2-4-9/h5-7,9,11H,1-4H2/t11-/m0/s1. The minimum Gasteiger partial charge on any atom is -0.198 e. The normalized spacial score (nSPS) is 18.3. The number of hydrogen-bond acceptors (Lipinski definition) is 1. The summed E-state index contributed by atoms with van der Waals surface area (Å²) >= 11 is 11.9. The van der Waals surface area contributed by atoms with Gasteiger partial charge in [0, 0.05) is 0 Å². The zero-order valence-electron chi connectivity index (χ0n) is 8.92. The molecule has 1 atom stereocenters. The number of hydrogen-bond donors (Lipinski definition) is 0. The molecule has 16 heavy (non-hydrogen) atoms. The molecule has 0 aliphatic heterocycles. The third kappa shape index (κ3) is 2.34. The minimum atomic E-state index is -0.0303.